The van der Waals surface area contributed by atoms with Crippen molar-refractivity contribution in [3.8, 4) is 0 Å². The molecule has 1 N–H and O–H groups in total. The van der Waals surface area contributed by atoms with Crippen molar-refractivity contribution in [2.24, 2.45) is 0 Å². The molecular weight excluding hydrogens is 545 g/mol. The highest BCUT2D eigenvalue weighted by molar-refractivity contribution is 7.92. The maximum atomic E-state index is 13.9. The van der Waals surface area contributed by atoms with E-state index < -0.39 is 28.5 Å². The SMILES string of the molecule is CCc1ccccc1N(CC(=O)N(Cc1ccc(Cl)c(Cl)c1)C(CC)C(=O)NC1CCCCC1)S(C)(=O)=O. The zero-order valence-corrected chi connectivity index (χ0v) is 24.6. The van der Waals surface area contributed by atoms with Crippen LogP contribution in [0.25, 0.3) is 0 Å². The van der Waals surface area contributed by atoms with Crippen LogP contribution < -0.4 is 9.62 Å². The molecule has 2 aromatic carbocycles. The second-order valence-corrected chi connectivity index (χ2v) is 12.5. The highest BCUT2D eigenvalue weighted by atomic mass is 35.5. The van der Waals surface area contributed by atoms with Gasteiger partial charge in [0.25, 0.3) is 0 Å². The molecule has 0 spiro atoms. The number of para-hydroxylation sites is 1. The van der Waals surface area contributed by atoms with Gasteiger partial charge in [-0.05, 0) is 55.0 Å². The van der Waals surface area contributed by atoms with Crippen LogP contribution in [0.5, 0.6) is 0 Å². The summed E-state index contributed by atoms with van der Waals surface area (Å²) in [6.45, 7) is 3.44. The summed E-state index contributed by atoms with van der Waals surface area (Å²) in [6, 6.07) is 11.5. The Labute approximate surface area is 236 Å². The van der Waals surface area contributed by atoms with Gasteiger partial charge in [0.2, 0.25) is 21.8 Å². The minimum Gasteiger partial charge on any atom is -0.352 e. The van der Waals surface area contributed by atoms with E-state index in [9.17, 15) is 18.0 Å². The molecule has 1 aliphatic carbocycles. The number of aryl methyl sites for hydroxylation is 1. The molecule has 2 amide bonds. The van der Waals surface area contributed by atoms with Crippen LogP contribution in [0.4, 0.5) is 5.69 Å². The summed E-state index contributed by atoms with van der Waals surface area (Å²) in [5.41, 5.74) is 1.96. The van der Waals surface area contributed by atoms with Crippen molar-refractivity contribution >= 4 is 50.7 Å². The third kappa shape index (κ3) is 7.87. The average Bonchev–Trinajstić information content (AvgIpc) is 2.89. The number of sulfonamides is 1. The van der Waals surface area contributed by atoms with Gasteiger partial charge in [0.05, 0.1) is 22.0 Å². The number of amides is 2. The summed E-state index contributed by atoms with van der Waals surface area (Å²) in [5, 5.41) is 3.86. The Kier molecular flexibility index (Phi) is 10.9. The first-order chi connectivity index (χ1) is 18.0. The quantitative estimate of drug-likeness (QED) is 0.375. The molecule has 1 saturated carbocycles. The third-order valence-electron chi connectivity index (χ3n) is 6.99. The standard InChI is InChI=1S/C28H37Cl2N3O4S/c1-4-21-11-9-10-14-26(21)33(38(3,36)37)19-27(34)32(18-20-15-16-23(29)24(30)17-20)25(5-2)28(35)31-22-12-7-6-8-13-22/h9-11,14-17,22,25H,4-8,12-13,18-19H2,1-3H3,(H,31,35). The molecule has 0 aliphatic heterocycles. The number of nitrogens with zero attached hydrogens (tertiary/aromatic N) is 2. The second kappa shape index (κ2) is 13.7. The van der Waals surface area contributed by atoms with Crippen LogP contribution in [-0.4, -0.2) is 50.0 Å². The first-order valence-electron chi connectivity index (χ1n) is 13.1. The molecule has 1 aliphatic rings. The highest BCUT2D eigenvalue weighted by Gasteiger charge is 2.33. The molecular formula is C28H37Cl2N3O4S. The van der Waals surface area contributed by atoms with Crippen LogP contribution in [0.3, 0.4) is 0 Å². The summed E-state index contributed by atoms with van der Waals surface area (Å²) in [5.74, 6) is -0.703. The number of hydrogen-bond donors (Lipinski definition) is 1. The Bertz CT molecular complexity index is 1230. The number of rotatable bonds is 11. The number of anilines is 1. The van der Waals surface area contributed by atoms with Crippen molar-refractivity contribution in [1.82, 2.24) is 10.2 Å². The summed E-state index contributed by atoms with van der Waals surface area (Å²) in [6.07, 6.45) is 7.18. The van der Waals surface area contributed by atoms with E-state index in [0.717, 1.165) is 48.2 Å². The van der Waals surface area contributed by atoms with Gasteiger partial charge in [0.15, 0.2) is 0 Å². The molecule has 208 valence electrons. The van der Waals surface area contributed by atoms with E-state index >= 15 is 0 Å². The molecule has 7 nitrogen and oxygen atoms in total. The minimum atomic E-state index is -3.79. The number of halogens is 2. The largest absolute Gasteiger partial charge is 0.352 e. The molecule has 0 heterocycles. The fraction of sp³-hybridized carbons (Fsp3) is 0.500. The van der Waals surface area contributed by atoms with Crippen LogP contribution in [0.1, 0.15) is 63.5 Å². The van der Waals surface area contributed by atoms with Gasteiger partial charge in [-0.3, -0.25) is 13.9 Å². The maximum Gasteiger partial charge on any atom is 0.244 e. The predicted molar refractivity (Wildman–Crippen MR) is 154 cm³/mol. The molecule has 3 rings (SSSR count). The smallest absolute Gasteiger partial charge is 0.244 e. The summed E-state index contributed by atoms with van der Waals surface area (Å²) in [7, 11) is -3.79. The van der Waals surface area contributed by atoms with Crippen LogP contribution in [0.2, 0.25) is 10.0 Å². The van der Waals surface area contributed by atoms with E-state index in [1.54, 1.807) is 30.3 Å². The Morgan fingerprint density at radius 2 is 1.71 bits per heavy atom. The van der Waals surface area contributed by atoms with Gasteiger partial charge in [-0.1, -0.05) is 80.6 Å². The fourth-order valence-electron chi connectivity index (χ4n) is 4.95. The molecule has 1 fully saturated rings. The Hall–Kier alpha value is -2.29. The van der Waals surface area contributed by atoms with E-state index in [-0.39, 0.29) is 18.5 Å². The first-order valence-corrected chi connectivity index (χ1v) is 15.7. The normalized spacial score (nSPS) is 15.1. The number of carbonyl (C=O) groups excluding carboxylic acids is 2. The van der Waals surface area contributed by atoms with Gasteiger partial charge in [-0.2, -0.15) is 0 Å². The lowest BCUT2D eigenvalue weighted by Gasteiger charge is -2.34. The lowest BCUT2D eigenvalue weighted by atomic mass is 9.95. The fourth-order valence-corrected chi connectivity index (χ4v) is 6.15. The van der Waals surface area contributed by atoms with Crippen LogP contribution in [0.15, 0.2) is 42.5 Å². The minimum absolute atomic E-state index is 0.0798. The van der Waals surface area contributed by atoms with E-state index in [1.165, 1.54) is 4.90 Å². The molecule has 1 atom stereocenters. The van der Waals surface area contributed by atoms with Crippen LogP contribution in [-0.2, 0) is 32.6 Å². The van der Waals surface area contributed by atoms with Crippen molar-refractivity contribution in [2.75, 3.05) is 17.1 Å². The van der Waals surface area contributed by atoms with Crippen molar-refractivity contribution in [3.05, 3.63) is 63.6 Å². The molecule has 38 heavy (non-hydrogen) atoms. The molecule has 1 unspecified atom stereocenters. The summed E-state index contributed by atoms with van der Waals surface area (Å²) < 4.78 is 26.9. The Morgan fingerprint density at radius 1 is 1.03 bits per heavy atom. The second-order valence-electron chi connectivity index (χ2n) is 9.79. The van der Waals surface area contributed by atoms with E-state index in [0.29, 0.717) is 34.1 Å². The van der Waals surface area contributed by atoms with Gasteiger partial charge in [-0.15, -0.1) is 0 Å². The lowest BCUT2D eigenvalue weighted by Crippen LogP contribution is -2.54. The molecule has 0 radical (unpaired) electrons. The number of benzene rings is 2. The molecule has 0 aromatic heterocycles. The van der Waals surface area contributed by atoms with E-state index in [2.05, 4.69) is 5.32 Å². The van der Waals surface area contributed by atoms with Crippen molar-refractivity contribution in [3.63, 3.8) is 0 Å². The van der Waals surface area contributed by atoms with Crippen LogP contribution >= 0.6 is 23.2 Å². The lowest BCUT2D eigenvalue weighted by molar-refractivity contribution is -0.140. The van der Waals surface area contributed by atoms with Gasteiger partial charge in [-0.25, -0.2) is 8.42 Å². The highest BCUT2D eigenvalue weighted by Crippen LogP contribution is 2.27. The number of nitrogens with one attached hydrogen (secondary N) is 1. The Morgan fingerprint density at radius 3 is 2.32 bits per heavy atom. The van der Waals surface area contributed by atoms with E-state index in [4.69, 9.17) is 23.2 Å². The zero-order valence-electron chi connectivity index (χ0n) is 22.3. The third-order valence-corrected chi connectivity index (χ3v) is 8.86. The van der Waals surface area contributed by atoms with Crippen molar-refractivity contribution in [1.29, 1.82) is 0 Å². The summed E-state index contributed by atoms with van der Waals surface area (Å²) in [4.78, 5) is 28.8. The van der Waals surface area contributed by atoms with Crippen molar-refractivity contribution < 1.29 is 18.0 Å². The van der Waals surface area contributed by atoms with Gasteiger partial charge in [0.1, 0.15) is 12.6 Å². The maximum absolute atomic E-state index is 13.9. The first kappa shape index (κ1) is 30.3. The van der Waals surface area contributed by atoms with Crippen LogP contribution in [0, 0.1) is 0 Å². The predicted octanol–water partition coefficient (Wildman–Crippen LogP) is 5.58. The van der Waals surface area contributed by atoms with E-state index in [1.807, 2.05) is 26.0 Å². The van der Waals surface area contributed by atoms with Gasteiger partial charge >= 0.3 is 0 Å². The monoisotopic (exact) mass is 581 g/mol. The number of hydrogen-bond acceptors (Lipinski definition) is 4. The molecule has 0 saturated heterocycles. The average molecular weight is 583 g/mol. The van der Waals surface area contributed by atoms with Gasteiger partial charge in [0, 0.05) is 12.6 Å². The molecule has 0 bridgehead atoms. The Balaban J connectivity index is 1.96. The molecule has 2 aromatic rings. The zero-order chi connectivity index (χ0) is 27.9. The van der Waals surface area contributed by atoms with Gasteiger partial charge < -0.3 is 10.2 Å². The topological polar surface area (TPSA) is 86.8 Å². The molecule has 10 heteroatoms. The number of carbonyl (C=O) groups is 2. The summed E-state index contributed by atoms with van der Waals surface area (Å²) >= 11 is 12.3. The van der Waals surface area contributed by atoms with Crippen molar-refractivity contribution in [2.45, 2.75) is 77.4 Å².